The van der Waals surface area contributed by atoms with Gasteiger partial charge in [0.05, 0.1) is 6.10 Å². The summed E-state index contributed by atoms with van der Waals surface area (Å²) in [5.41, 5.74) is 4.20. The molecular weight excluding hydrogens is 450 g/mol. The summed E-state index contributed by atoms with van der Waals surface area (Å²) < 4.78 is 34.4. The van der Waals surface area contributed by atoms with Gasteiger partial charge in [-0.15, -0.1) is 0 Å². The molecule has 0 bridgehead atoms. The SMILES string of the molecule is O=C(O)CCC(NC(=O)OCC1c2ccccc2-c2ccccc21)C(=O)N1CC(OC(F)F)C1. The van der Waals surface area contributed by atoms with Crippen LogP contribution in [-0.4, -0.2) is 66.4 Å². The second-order valence-corrected chi connectivity index (χ2v) is 8.22. The molecule has 2 aliphatic rings. The standard InChI is InChI=1S/C24H24F2N2O6/c25-23(26)34-14-11-28(12-14)22(31)20(9-10-21(29)30)27-24(32)33-13-19-17-7-3-1-5-15(17)16-6-2-4-8-18(16)19/h1-8,14,19-20,23H,9-13H2,(H,27,32)(H,29,30). The molecule has 0 spiro atoms. The summed E-state index contributed by atoms with van der Waals surface area (Å²) in [6.07, 6.45) is -2.16. The van der Waals surface area contributed by atoms with Crippen molar-refractivity contribution in [3.8, 4) is 11.1 Å². The van der Waals surface area contributed by atoms with Gasteiger partial charge in [0, 0.05) is 25.4 Å². The molecule has 1 fully saturated rings. The minimum Gasteiger partial charge on any atom is -0.481 e. The molecule has 2 aromatic carbocycles. The van der Waals surface area contributed by atoms with E-state index in [0.29, 0.717) is 0 Å². The number of rotatable bonds is 9. The molecule has 34 heavy (non-hydrogen) atoms. The number of alkyl halides is 2. The van der Waals surface area contributed by atoms with Gasteiger partial charge in [0.2, 0.25) is 5.91 Å². The topological polar surface area (TPSA) is 105 Å². The summed E-state index contributed by atoms with van der Waals surface area (Å²) in [4.78, 5) is 37.5. The molecule has 1 atom stereocenters. The fourth-order valence-electron chi connectivity index (χ4n) is 4.38. The number of likely N-dealkylation sites (tertiary alicyclic amines) is 1. The van der Waals surface area contributed by atoms with Crippen LogP contribution in [0.25, 0.3) is 11.1 Å². The normalized spacial score (nSPS) is 15.9. The van der Waals surface area contributed by atoms with Gasteiger partial charge in [0.25, 0.3) is 0 Å². The average molecular weight is 474 g/mol. The summed E-state index contributed by atoms with van der Waals surface area (Å²) in [5, 5.41) is 11.4. The number of aliphatic carboxylic acids is 1. The summed E-state index contributed by atoms with van der Waals surface area (Å²) in [5.74, 6) is -1.87. The number of fused-ring (bicyclic) bond motifs is 3. The summed E-state index contributed by atoms with van der Waals surface area (Å²) >= 11 is 0. The van der Waals surface area contributed by atoms with Gasteiger partial charge in [-0.1, -0.05) is 48.5 Å². The van der Waals surface area contributed by atoms with Crippen molar-refractivity contribution < 1.29 is 37.7 Å². The molecule has 0 radical (unpaired) electrons. The van der Waals surface area contributed by atoms with Gasteiger partial charge >= 0.3 is 18.7 Å². The van der Waals surface area contributed by atoms with E-state index in [1.54, 1.807) is 0 Å². The van der Waals surface area contributed by atoms with Crippen molar-refractivity contribution >= 4 is 18.0 Å². The number of nitrogens with zero attached hydrogens (tertiary/aromatic N) is 1. The van der Waals surface area contributed by atoms with E-state index in [2.05, 4.69) is 10.1 Å². The predicted octanol–water partition coefficient (Wildman–Crippen LogP) is 3.21. The van der Waals surface area contributed by atoms with E-state index in [1.807, 2.05) is 48.5 Å². The molecule has 1 saturated heterocycles. The van der Waals surface area contributed by atoms with E-state index in [4.69, 9.17) is 9.84 Å². The first-order valence-corrected chi connectivity index (χ1v) is 10.9. The fourth-order valence-corrected chi connectivity index (χ4v) is 4.38. The lowest BCUT2D eigenvalue weighted by Gasteiger charge is -2.40. The second kappa shape index (κ2) is 10.2. The Balaban J connectivity index is 1.37. The largest absolute Gasteiger partial charge is 0.481 e. The van der Waals surface area contributed by atoms with Gasteiger partial charge in [0.1, 0.15) is 12.6 Å². The fraction of sp³-hybridized carbons (Fsp3) is 0.375. The Morgan fingerprint density at radius 2 is 1.62 bits per heavy atom. The molecule has 0 saturated carbocycles. The third-order valence-corrected chi connectivity index (χ3v) is 6.04. The van der Waals surface area contributed by atoms with Gasteiger partial charge in [-0.05, 0) is 28.7 Å². The van der Waals surface area contributed by atoms with Gasteiger partial charge in [0.15, 0.2) is 0 Å². The Morgan fingerprint density at radius 1 is 1.03 bits per heavy atom. The number of amides is 2. The Hall–Kier alpha value is -3.53. The number of carbonyl (C=O) groups is 3. The smallest absolute Gasteiger partial charge is 0.407 e. The minimum atomic E-state index is -2.94. The van der Waals surface area contributed by atoms with Crippen LogP contribution in [0.2, 0.25) is 0 Å². The Morgan fingerprint density at radius 3 is 2.18 bits per heavy atom. The second-order valence-electron chi connectivity index (χ2n) is 8.22. The summed E-state index contributed by atoms with van der Waals surface area (Å²) in [6, 6.07) is 14.5. The minimum absolute atomic E-state index is 0.0354. The van der Waals surface area contributed by atoms with E-state index in [0.717, 1.165) is 22.3 Å². The van der Waals surface area contributed by atoms with Crippen molar-refractivity contribution in [3.63, 3.8) is 0 Å². The first-order valence-electron chi connectivity index (χ1n) is 10.9. The average Bonchev–Trinajstić information content (AvgIpc) is 3.10. The maximum absolute atomic E-state index is 12.7. The Labute approximate surface area is 194 Å². The van der Waals surface area contributed by atoms with Crippen molar-refractivity contribution in [1.82, 2.24) is 10.2 Å². The Bertz CT molecular complexity index is 1030. The van der Waals surface area contributed by atoms with Crippen LogP contribution in [0.3, 0.4) is 0 Å². The highest BCUT2D eigenvalue weighted by Gasteiger charge is 2.37. The van der Waals surface area contributed by atoms with E-state index < -0.39 is 36.7 Å². The number of ether oxygens (including phenoxy) is 2. The van der Waals surface area contributed by atoms with Crippen molar-refractivity contribution in [2.45, 2.75) is 37.5 Å². The number of halogens is 2. The zero-order chi connectivity index (χ0) is 24.2. The molecule has 1 unspecified atom stereocenters. The molecule has 2 amide bonds. The van der Waals surface area contributed by atoms with Crippen LogP contribution in [0.5, 0.6) is 0 Å². The van der Waals surface area contributed by atoms with Crippen molar-refractivity contribution in [3.05, 3.63) is 59.7 Å². The van der Waals surface area contributed by atoms with Gasteiger partial charge < -0.3 is 24.8 Å². The molecular formula is C24H24F2N2O6. The van der Waals surface area contributed by atoms with Gasteiger partial charge in [-0.3, -0.25) is 9.59 Å². The lowest BCUT2D eigenvalue weighted by atomic mass is 9.98. The number of alkyl carbamates (subject to hydrolysis) is 1. The molecule has 2 N–H and O–H groups in total. The summed E-state index contributed by atoms with van der Waals surface area (Å²) in [6.45, 7) is -3.02. The molecule has 1 heterocycles. The highest BCUT2D eigenvalue weighted by molar-refractivity contribution is 5.87. The molecule has 180 valence electrons. The monoisotopic (exact) mass is 474 g/mol. The maximum Gasteiger partial charge on any atom is 0.407 e. The number of hydrogen-bond acceptors (Lipinski definition) is 5. The number of carboxylic acid groups (broad SMARTS) is 1. The zero-order valence-electron chi connectivity index (χ0n) is 18.2. The highest BCUT2D eigenvalue weighted by Crippen LogP contribution is 2.44. The van der Waals surface area contributed by atoms with Gasteiger partial charge in [-0.25, -0.2) is 4.79 Å². The van der Waals surface area contributed by atoms with Crippen molar-refractivity contribution in [2.75, 3.05) is 19.7 Å². The van der Waals surface area contributed by atoms with Crippen LogP contribution < -0.4 is 5.32 Å². The molecule has 2 aromatic rings. The molecule has 0 aromatic heterocycles. The van der Waals surface area contributed by atoms with Crippen LogP contribution in [0.4, 0.5) is 13.6 Å². The maximum atomic E-state index is 12.7. The first kappa shape index (κ1) is 23.6. The zero-order valence-corrected chi connectivity index (χ0v) is 18.2. The van der Waals surface area contributed by atoms with E-state index in [1.165, 1.54) is 4.90 Å². The first-order chi connectivity index (χ1) is 16.3. The third kappa shape index (κ3) is 5.17. The Kier molecular flexibility index (Phi) is 7.06. The molecule has 8 nitrogen and oxygen atoms in total. The van der Waals surface area contributed by atoms with Crippen LogP contribution in [0, 0.1) is 0 Å². The van der Waals surface area contributed by atoms with Crippen molar-refractivity contribution in [2.24, 2.45) is 0 Å². The van der Waals surface area contributed by atoms with E-state index in [-0.39, 0.29) is 38.5 Å². The molecule has 1 aliphatic heterocycles. The van der Waals surface area contributed by atoms with Crippen molar-refractivity contribution in [1.29, 1.82) is 0 Å². The quantitative estimate of drug-likeness (QED) is 0.578. The number of hydrogen-bond donors (Lipinski definition) is 2. The van der Waals surface area contributed by atoms with Gasteiger partial charge in [-0.2, -0.15) is 8.78 Å². The van der Waals surface area contributed by atoms with Crippen LogP contribution in [-0.2, 0) is 19.1 Å². The number of carboxylic acids is 1. The van der Waals surface area contributed by atoms with Crippen LogP contribution >= 0.6 is 0 Å². The van der Waals surface area contributed by atoms with Crippen LogP contribution in [0.15, 0.2) is 48.5 Å². The van der Waals surface area contributed by atoms with E-state index >= 15 is 0 Å². The summed E-state index contributed by atoms with van der Waals surface area (Å²) in [7, 11) is 0. The lowest BCUT2D eigenvalue weighted by molar-refractivity contribution is -0.199. The number of benzene rings is 2. The lowest BCUT2D eigenvalue weighted by Crippen LogP contribution is -2.60. The number of nitrogens with one attached hydrogen (secondary N) is 1. The number of carbonyl (C=O) groups excluding carboxylic acids is 2. The third-order valence-electron chi connectivity index (χ3n) is 6.04. The van der Waals surface area contributed by atoms with Crippen LogP contribution in [0.1, 0.15) is 29.9 Å². The van der Waals surface area contributed by atoms with E-state index in [9.17, 15) is 23.2 Å². The predicted molar refractivity (Wildman–Crippen MR) is 116 cm³/mol. The highest BCUT2D eigenvalue weighted by atomic mass is 19.3. The molecule has 1 aliphatic carbocycles. The molecule has 4 rings (SSSR count). The molecule has 10 heteroatoms.